The van der Waals surface area contributed by atoms with Crippen LogP contribution < -0.4 is 5.32 Å². The first kappa shape index (κ1) is 13.2. The zero-order valence-electron chi connectivity index (χ0n) is 9.14. The van der Waals surface area contributed by atoms with E-state index in [1.165, 1.54) is 6.26 Å². The summed E-state index contributed by atoms with van der Waals surface area (Å²) in [6.45, 7) is -0.0428. The van der Waals surface area contributed by atoms with E-state index < -0.39 is 26.8 Å². The number of nitrogens with one attached hydrogen (secondary N) is 1. The number of hydrogen-bond donors (Lipinski definition) is 3. The molecule has 3 N–H and O–H groups in total. The quantitative estimate of drug-likeness (QED) is 0.653. The van der Waals surface area contributed by atoms with Gasteiger partial charge in [0.05, 0.1) is 10.9 Å². The molecule has 0 aromatic heterocycles. The van der Waals surface area contributed by atoms with E-state index in [0.29, 0.717) is 25.7 Å². The summed E-state index contributed by atoms with van der Waals surface area (Å²) in [6, 6.07) is 0. The van der Waals surface area contributed by atoms with E-state index in [1.54, 1.807) is 0 Å². The molecule has 7 heteroatoms. The normalized spacial score (nSPS) is 31.0. The van der Waals surface area contributed by atoms with Crippen LogP contribution in [0, 0.1) is 0 Å². The molecule has 1 saturated carbocycles. The van der Waals surface area contributed by atoms with Crippen molar-refractivity contribution in [1.82, 2.24) is 5.32 Å². The molecule has 1 fully saturated rings. The fraction of sp³-hybridized carbons (Fsp3) is 0.889. The summed E-state index contributed by atoms with van der Waals surface area (Å²) in [7, 11) is -3.06. The monoisotopic (exact) mass is 251 g/mol. The maximum Gasteiger partial charge on any atom is 0.404 e. The number of amides is 1. The summed E-state index contributed by atoms with van der Waals surface area (Å²) in [5.74, 6) is 0. The summed E-state index contributed by atoms with van der Waals surface area (Å²) in [5.41, 5.74) is -1.10. The highest BCUT2D eigenvalue weighted by atomic mass is 32.2. The highest BCUT2D eigenvalue weighted by molar-refractivity contribution is 7.91. The third-order valence-electron chi connectivity index (χ3n) is 3.04. The minimum Gasteiger partial charge on any atom is -0.465 e. The molecule has 0 unspecified atom stereocenters. The maximum atomic E-state index is 11.3. The first-order valence-electron chi connectivity index (χ1n) is 5.11. The van der Waals surface area contributed by atoms with Gasteiger partial charge in [0.1, 0.15) is 9.84 Å². The van der Waals surface area contributed by atoms with Crippen molar-refractivity contribution < 1.29 is 23.4 Å². The Morgan fingerprint density at radius 2 is 1.94 bits per heavy atom. The Morgan fingerprint density at radius 3 is 2.31 bits per heavy atom. The number of rotatable bonds is 3. The average molecular weight is 251 g/mol. The van der Waals surface area contributed by atoms with Crippen LogP contribution in [-0.2, 0) is 9.84 Å². The van der Waals surface area contributed by atoms with Crippen molar-refractivity contribution in [3.05, 3.63) is 0 Å². The van der Waals surface area contributed by atoms with Crippen LogP contribution in [0.3, 0.4) is 0 Å². The molecule has 0 aromatic carbocycles. The number of hydrogen-bond acceptors (Lipinski definition) is 4. The van der Waals surface area contributed by atoms with Gasteiger partial charge in [-0.3, -0.25) is 0 Å². The van der Waals surface area contributed by atoms with Crippen molar-refractivity contribution in [3.8, 4) is 0 Å². The molecule has 16 heavy (non-hydrogen) atoms. The predicted octanol–water partition coefficient (Wildman–Crippen LogP) is -0.0277. The lowest BCUT2D eigenvalue weighted by atomic mass is 9.84. The molecule has 1 amide bonds. The maximum absolute atomic E-state index is 11.3. The lowest BCUT2D eigenvalue weighted by Crippen LogP contribution is -2.46. The van der Waals surface area contributed by atoms with Crippen molar-refractivity contribution in [2.45, 2.75) is 36.5 Å². The Morgan fingerprint density at radius 1 is 1.44 bits per heavy atom. The predicted molar refractivity (Wildman–Crippen MR) is 58.1 cm³/mol. The van der Waals surface area contributed by atoms with E-state index in [9.17, 15) is 18.3 Å². The van der Waals surface area contributed by atoms with E-state index in [4.69, 9.17) is 5.11 Å². The van der Waals surface area contributed by atoms with Gasteiger partial charge in [-0.15, -0.1) is 0 Å². The van der Waals surface area contributed by atoms with Crippen LogP contribution in [0.5, 0.6) is 0 Å². The smallest absolute Gasteiger partial charge is 0.404 e. The van der Waals surface area contributed by atoms with Gasteiger partial charge in [-0.1, -0.05) is 0 Å². The van der Waals surface area contributed by atoms with Crippen molar-refractivity contribution in [2.75, 3.05) is 12.8 Å². The number of sulfone groups is 1. The third-order valence-corrected chi connectivity index (χ3v) is 4.72. The molecule has 0 aliphatic heterocycles. The fourth-order valence-corrected chi connectivity index (χ4v) is 3.07. The Bertz CT molecular complexity index is 356. The molecule has 94 valence electrons. The lowest BCUT2D eigenvalue weighted by Gasteiger charge is -2.35. The Kier molecular flexibility index (Phi) is 3.80. The van der Waals surface area contributed by atoms with Crippen LogP contribution in [0.15, 0.2) is 0 Å². The summed E-state index contributed by atoms with van der Waals surface area (Å²) in [6.07, 6.45) is 1.40. The molecule has 1 aliphatic carbocycles. The minimum absolute atomic E-state index is 0.0428. The van der Waals surface area contributed by atoms with Gasteiger partial charge in [0, 0.05) is 12.8 Å². The standard InChI is InChI=1S/C9H17NO5S/c1-16(14,15)7-2-4-9(13,5-3-7)6-10-8(11)12/h7,10,13H,2-6H2,1H3,(H,11,12)/t7-,9-. The molecule has 1 rings (SSSR count). The van der Waals surface area contributed by atoms with Gasteiger partial charge in [0.25, 0.3) is 0 Å². The summed E-state index contributed by atoms with van der Waals surface area (Å²) >= 11 is 0. The average Bonchev–Trinajstić information content (AvgIpc) is 2.14. The molecule has 0 heterocycles. The number of aliphatic hydroxyl groups is 1. The summed E-state index contributed by atoms with van der Waals surface area (Å²) < 4.78 is 22.5. The van der Waals surface area contributed by atoms with Gasteiger partial charge in [-0.2, -0.15) is 0 Å². The largest absolute Gasteiger partial charge is 0.465 e. The molecule has 0 spiro atoms. The van der Waals surface area contributed by atoms with Gasteiger partial charge in [0.15, 0.2) is 0 Å². The highest BCUT2D eigenvalue weighted by Gasteiger charge is 2.36. The Balaban J connectivity index is 2.50. The van der Waals surface area contributed by atoms with Gasteiger partial charge >= 0.3 is 6.09 Å². The Hall–Kier alpha value is -0.820. The van der Waals surface area contributed by atoms with Gasteiger partial charge < -0.3 is 15.5 Å². The number of carboxylic acid groups (broad SMARTS) is 1. The van der Waals surface area contributed by atoms with Crippen LogP contribution in [-0.4, -0.2) is 48.4 Å². The first-order chi connectivity index (χ1) is 7.23. The molecule has 0 atom stereocenters. The van der Waals surface area contributed by atoms with Crippen molar-refractivity contribution in [1.29, 1.82) is 0 Å². The van der Waals surface area contributed by atoms with E-state index in [1.807, 2.05) is 0 Å². The zero-order valence-corrected chi connectivity index (χ0v) is 9.96. The van der Waals surface area contributed by atoms with Gasteiger partial charge in [-0.05, 0) is 25.7 Å². The van der Waals surface area contributed by atoms with E-state index >= 15 is 0 Å². The molecule has 0 aromatic rings. The second kappa shape index (κ2) is 4.58. The van der Waals surface area contributed by atoms with Gasteiger partial charge in [-0.25, -0.2) is 13.2 Å². The fourth-order valence-electron chi connectivity index (χ4n) is 1.97. The van der Waals surface area contributed by atoms with Crippen molar-refractivity contribution in [2.24, 2.45) is 0 Å². The second-order valence-corrected chi connectivity index (χ2v) is 6.74. The lowest BCUT2D eigenvalue weighted by molar-refractivity contribution is 0.00654. The molecule has 0 saturated heterocycles. The third kappa shape index (κ3) is 3.64. The number of carbonyl (C=O) groups is 1. The van der Waals surface area contributed by atoms with E-state index in [-0.39, 0.29) is 6.54 Å². The van der Waals surface area contributed by atoms with Crippen molar-refractivity contribution in [3.63, 3.8) is 0 Å². The molecular formula is C9H17NO5S. The van der Waals surface area contributed by atoms with E-state index in [2.05, 4.69) is 5.32 Å². The molecule has 0 radical (unpaired) electrons. The first-order valence-corrected chi connectivity index (χ1v) is 7.06. The van der Waals surface area contributed by atoms with E-state index in [0.717, 1.165) is 0 Å². The SMILES string of the molecule is CS(=O)(=O)[C@H]1CC[C@@](O)(CNC(=O)O)CC1. The highest BCUT2D eigenvalue weighted by Crippen LogP contribution is 2.31. The topological polar surface area (TPSA) is 104 Å². The molecule has 6 nitrogen and oxygen atoms in total. The van der Waals surface area contributed by atoms with Crippen LogP contribution in [0.2, 0.25) is 0 Å². The minimum atomic E-state index is -3.06. The van der Waals surface area contributed by atoms with Crippen molar-refractivity contribution >= 4 is 15.9 Å². The van der Waals surface area contributed by atoms with Crippen LogP contribution >= 0.6 is 0 Å². The van der Waals surface area contributed by atoms with Gasteiger partial charge in [0.2, 0.25) is 0 Å². The molecule has 1 aliphatic rings. The second-order valence-electron chi connectivity index (χ2n) is 4.41. The summed E-state index contributed by atoms with van der Waals surface area (Å²) in [5, 5.41) is 20.1. The summed E-state index contributed by atoms with van der Waals surface area (Å²) in [4.78, 5) is 10.3. The molecule has 0 bridgehead atoms. The zero-order chi connectivity index (χ0) is 12.4. The molecular weight excluding hydrogens is 234 g/mol. The Labute approximate surface area is 94.6 Å². The van der Waals surface area contributed by atoms with Crippen LogP contribution in [0.25, 0.3) is 0 Å². The van der Waals surface area contributed by atoms with Crippen LogP contribution in [0.1, 0.15) is 25.7 Å². The van der Waals surface area contributed by atoms with Crippen LogP contribution in [0.4, 0.5) is 4.79 Å².